The summed E-state index contributed by atoms with van der Waals surface area (Å²) in [6.45, 7) is 16.8. The van der Waals surface area contributed by atoms with E-state index < -0.39 is 11.2 Å². The fourth-order valence-electron chi connectivity index (χ4n) is 3.77. The molecule has 0 aliphatic heterocycles. The van der Waals surface area contributed by atoms with Crippen LogP contribution in [0.2, 0.25) is 0 Å². The quantitative estimate of drug-likeness (QED) is 0.197. The Labute approximate surface area is 200 Å². The third-order valence-corrected chi connectivity index (χ3v) is 6.03. The van der Waals surface area contributed by atoms with E-state index in [9.17, 15) is 10.2 Å². The van der Waals surface area contributed by atoms with E-state index in [4.69, 9.17) is 0 Å². The van der Waals surface area contributed by atoms with Crippen LogP contribution in [0.15, 0.2) is 35.5 Å². The van der Waals surface area contributed by atoms with E-state index in [1.165, 1.54) is 24.0 Å². The molecule has 4 atom stereocenters. The Morgan fingerprint density at radius 2 is 1.25 bits per heavy atom. The Hall–Kier alpha value is -1.30. The van der Waals surface area contributed by atoms with Crippen molar-refractivity contribution in [3.63, 3.8) is 0 Å². The number of rotatable bonds is 15. The molecule has 0 aliphatic rings. The maximum Gasteiger partial charge on any atom is 0.123 e. The largest absolute Gasteiger partial charge is 0.386 e. The van der Waals surface area contributed by atoms with Gasteiger partial charge in [0.1, 0.15) is 5.60 Å². The van der Waals surface area contributed by atoms with Gasteiger partial charge in [0.2, 0.25) is 0 Å². The molecule has 0 heterocycles. The predicted molar refractivity (Wildman–Crippen MR) is 142 cm³/mol. The fourth-order valence-corrected chi connectivity index (χ4v) is 3.77. The van der Waals surface area contributed by atoms with Crippen LogP contribution in [0.3, 0.4) is 0 Å². The lowest BCUT2D eigenvalue weighted by Crippen LogP contribution is -2.22. The van der Waals surface area contributed by atoms with Gasteiger partial charge >= 0.3 is 0 Å². The Morgan fingerprint density at radius 1 is 0.781 bits per heavy atom. The molecule has 2 N–H and O–H groups in total. The molecule has 0 spiro atoms. The van der Waals surface area contributed by atoms with Gasteiger partial charge in [-0.05, 0) is 110 Å². The summed E-state index contributed by atoms with van der Waals surface area (Å²) in [6.07, 6.45) is 18.4. The zero-order valence-corrected chi connectivity index (χ0v) is 22.4. The second-order valence-corrected chi connectivity index (χ2v) is 10.9. The Bertz CT molecular complexity index is 644. The van der Waals surface area contributed by atoms with Gasteiger partial charge in [0, 0.05) is 0 Å². The van der Waals surface area contributed by atoms with Crippen molar-refractivity contribution in [2.45, 2.75) is 131 Å². The first-order valence-corrected chi connectivity index (χ1v) is 12.7. The summed E-state index contributed by atoms with van der Waals surface area (Å²) < 4.78 is 0. The van der Waals surface area contributed by atoms with Crippen molar-refractivity contribution in [1.29, 1.82) is 0 Å². The van der Waals surface area contributed by atoms with E-state index in [0.29, 0.717) is 18.3 Å². The van der Waals surface area contributed by atoms with Crippen LogP contribution in [0.5, 0.6) is 0 Å². The van der Waals surface area contributed by atoms with Gasteiger partial charge in [0.05, 0.1) is 5.60 Å². The van der Waals surface area contributed by atoms with E-state index in [-0.39, 0.29) is 0 Å². The minimum atomic E-state index is -0.976. The second kappa shape index (κ2) is 16.3. The summed E-state index contributed by atoms with van der Waals surface area (Å²) in [5.74, 6) is 7.25. The van der Waals surface area contributed by atoms with Gasteiger partial charge < -0.3 is 10.2 Å². The first-order valence-electron chi connectivity index (χ1n) is 12.7. The molecule has 2 nitrogen and oxygen atoms in total. The summed E-state index contributed by atoms with van der Waals surface area (Å²) in [5, 5.41) is 21.1. The first kappa shape index (κ1) is 30.7. The van der Waals surface area contributed by atoms with E-state index in [2.05, 4.69) is 65.5 Å². The molecular weight excluding hydrogens is 392 g/mol. The van der Waals surface area contributed by atoms with Gasteiger partial charge in [-0.15, -0.1) is 0 Å². The van der Waals surface area contributed by atoms with Crippen molar-refractivity contribution in [2.75, 3.05) is 0 Å². The van der Waals surface area contributed by atoms with Crippen LogP contribution in [-0.2, 0) is 0 Å². The number of hydrogen-bond donors (Lipinski definition) is 2. The minimum absolute atomic E-state index is 0.666. The normalized spacial score (nSPS) is 16.9. The molecule has 0 rings (SSSR count). The molecule has 0 aromatic heterocycles. The van der Waals surface area contributed by atoms with Crippen LogP contribution in [0.25, 0.3) is 0 Å². The van der Waals surface area contributed by atoms with Gasteiger partial charge in [-0.1, -0.05) is 68.2 Å². The molecule has 0 fully saturated rings. The highest BCUT2D eigenvalue weighted by atomic mass is 16.3. The summed E-state index contributed by atoms with van der Waals surface area (Å²) in [6, 6.07) is 0. The van der Waals surface area contributed by atoms with Crippen LogP contribution in [0.4, 0.5) is 0 Å². The maximum absolute atomic E-state index is 10.6. The predicted octanol–water partition coefficient (Wildman–Crippen LogP) is 8.15. The van der Waals surface area contributed by atoms with Crippen molar-refractivity contribution in [1.82, 2.24) is 0 Å². The lowest BCUT2D eigenvalue weighted by Gasteiger charge is -2.20. The van der Waals surface area contributed by atoms with Crippen LogP contribution >= 0.6 is 0 Å². The third kappa shape index (κ3) is 19.4. The Balaban J connectivity index is 4.28. The SMILES string of the molecule is CC(C)=CCCC(C)CCCC(C)(O)C#CC=CC(C)(O)CCCC(C)CCC=C(C)C. The summed E-state index contributed by atoms with van der Waals surface area (Å²) in [4.78, 5) is 0. The molecule has 0 aliphatic carbocycles. The summed E-state index contributed by atoms with van der Waals surface area (Å²) >= 11 is 0. The molecule has 4 unspecified atom stereocenters. The molecule has 0 saturated heterocycles. The second-order valence-electron chi connectivity index (χ2n) is 10.9. The highest BCUT2D eigenvalue weighted by molar-refractivity contribution is 5.23. The standard InChI is InChI=1S/C30H52O2/c1-25(2)15-11-17-27(5)19-13-23-29(7,31)21-9-10-22-30(8,32)24-14-20-28(6)18-12-16-26(3)4/h9,15-16,21,27-28,31-32H,11-14,17-20,23-24H2,1-8H3. The monoisotopic (exact) mass is 444 g/mol. The molecule has 0 aromatic carbocycles. The lowest BCUT2D eigenvalue weighted by molar-refractivity contribution is 0.0970. The highest BCUT2D eigenvalue weighted by Crippen LogP contribution is 2.21. The molecule has 0 amide bonds. The van der Waals surface area contributed by atoms with E-state index >= 15 is 0 Å². The smallest absolute Gasteiger partial charge is 0.123 e. The van der Waals surface area contributed by atoms with Crippen molar-refractivity contribution >= 4 is 0 Å². The molecule has 2 heteroatoms. The van der Waals surface area contributed by atoms with Gasteiger partial charge in [-0.2, -0.15) is 0 Å². The van der Waals surface area contributed by atoms with E-state index in [1.807, 2.05) is 6.92 Å². The van der Waals surface area contributed by atoms with E-state index in [0.717, 1.165) is 44.9 Å². The number of aliphatic hydroxyl groups is 2. The van der Waals surface area contributed by atoms with Crippen molar-refractivity contribution in [3.8, 4) is 11.8 Å². The van der Waals surface area contributed by atoms with Gasteiger partial charge in [-0.25, -0.2) is 0 Å². The average molecular weight is 445 g/mol. The minimum Gasteiger partial charge on any atom is -0.386 e. The van der Waals surface area contributed by atoms with Crippen LogP contribution < -0.4 is 0 Å². The van der Waals surface area contributed by atoms with Crippen LogP contribution in [-0.4, -0.2) is 21.4 Å². The molecular formula is C30H52O2. The average Bonchev–Trinajstić information content (AvgIpc) is 2.64. The Morgan fingerprint density at radius 3 is 1.72 bits per heavy atom. The van der Waals surface area contributed by atoms with Crippen molar-refractivity contribution in [3.05, 3.63) is 35.5 Å². The van der Waals surface area contributed by atoms with Crippen molar-refractivity contribution in [2.24, 2.45) is 11.8 Å². The number of hydrogen-bond acceptors (Lipinski definition) is 2. The lowest BCUT2D eigenvalue weighted by atomic mass is 9.92. The van der Waals surface area contributed by atoms with Crippen molar-refractivity contribution < 1.29 is 10.2 Å². The molecule has 0 aromatic rings. The first-order chi connectivity index (χ1) is 14.8. The highest BCUT2D eigenvalue weighted by Gasteiger charge is 2.18. The number of allylic oxidation sites excluding steroid dienone is 5. The fraction of sp³-hybridized carbons (Fsp3) is 0.733. The molecule has 0 saturated carbocycles. The zero-order chi connectivity index (χ0) is 24.6. The summed E-state index contributed by atoms with van der Waals surface area (Å²) in [5.41, 5.74) is 0.944. The maximum atomic E-state index is 10.6. The van der Waals surface area contributed by atoms with Crippen LogP contribution in [0.1, 0.15) is 120 Å². The van der Waals surface area contributed by atoms with Gasteiger partial charge in [0.15, 0.2) is 0 Å². The molecule has 0 radical (unpaired) electrons. The van der Waals surface area contributed by atoms with E-state index in [1.54, 1.807) is 19.1 Å². The summed E-state index contributed by atoms with van der Waals surface area (Å²) in [7, 11) is 0. The third-order valence-electron chi connectivity index (χ3n) is 6.03. The molecule has 32 heavy (non-hydrogen) atoms. The molecule has 0 bridgehead atoms. The van der Waals surface area contributed by atoms with Gasteiger partial charge in [0.25, 0.3) is 0 Å². The van der Waals surface area contributed by atoms with Gasteiger partial charge in [-0.3, -0.25) is 0 Å². The molecule has 184 valence electrons. The topological polar surface area (TPSA) is 40.5 Å². The zero-order valence-electron chi connectivity index (χ0n) is 22.4. The van der Waals surface area contributed by atoms with Crippen LogP contribution in [0, 0.1) is 23.7 Å². The Kier molecular flexibility index (Phi) is 15.7.